The summed E-state index contributed by atoms with van der Waals surface area (Å²) in [5.41, 5.74) is 6.28. The van der Waals surface area contributed by atoms with Crippen LogP contribution in [0.1, 0.15) is 65.7 Å². The van der Waals surface area contributed by atoms with Crippen LogP contribution in [0, 0.1) is 17.3 Å². The largest absolute Gasteiger partial charge is 0.353 e. The molecule has 0 aromatic carbocycles. The molecule has 2 aliphatic rings. The second-order valence-corrected chi connectivity index (χ2v) is 7.45. The molecule has 0 aromatic rings. The van der Waals surface area contributed by atoms with Crippen molar-refractivity contribution in [1.29, 1.82) is 0 Å². The summed E-state index contributed by atoms with van der Waals surface area (Å²) in [5, 5.41) is 3.34. The van der Waals surface area contributed by atoms with E-state index < -0.39 is 0 Å². The SMILES string of the molecule is CC1CCC(N)CC1C(=O)NC1CCCCC1(C)C. The van der Waals surface area contributed by atoms with Gasteiger partial charge < -0.3 is 11.1 Å². The Hall–Kier alpha value is -0.570. The number of nitrogens with two attached hydrogens (primary N) is 1. The van der Waals surface area contributed by atoms with Gasteiger partial charge in [-0.25, -0.2) is 0 Å². The lowest BCUT2D eigenvalue weighted by Gasteiger charge is -2.41. The van der Waals surface area contributed by atoms with E-state index in [9.17, 15) is 4.79 Å². The van der Waals surface area contributed by atoms with Crippen molar-refractivity contribution in [2.75, 3.05) is 0 Å². The Morgan fingerprint density at radius 2 is 1.95 bits per heavy atom. The normalized spacial score (nSPS) is 38.7. The van der Waals surface area contributed by atoms with Gasteiger partial charge in [-0.3, -0.25) is 4.79 Å². The van der Waals surface area contributed by atoms with Gasteiger partial charge in [-0.2, -0.15) is 0 Å². The van der Waals surface area contributed by atoms with Gasteiger partial charge in [0.05, 0.1) is 0 Å². The van der Waals surface area contributed by atoms with Gasteiger partial charge in [-0.15, -0.1) is 0 Å². The Labute approximate surface area is 117 Å². The molecule has 19 heavy (non-hydrogen) atoms. The van der Waals surface area contributed by atoms with E-state index >= 15 is 0 Å². The Morgan fingerprint density at radius 3 is 2.63 bits per heavy atom. The predicted molar refractivity (Wildman–Crippen MR) is 78.7 cm³/mol. The highest BCUT2D eigenvalue weighted by Crippen LogP contribution is 2.36. The highest BCUT2D eigenvalue weighted by molar-refractivity contribution is 5.79. The van der Waals surface area contributed by atoms with Crippen LogP contribution in [-0.2, 0) is 4.79 Å². The van der Waals surface area contributed by atoms with Gasteiger partial charge in [0.15, 0.2) is 0 Å². The van der Waals surface area contributed by atoms with Crippen molar-refractivity contribution in [3.05, 3.63) is 0 Å². The Balaban J connectivity index is 1.96. The first-order chi connectivity index (χ1) is 8.90. The van der Waals surface area contributed by atoms with Crippen LogP contribution < -0.4 is 11.1 Å². The zero-order valence-electron chi connectivity index (χ0n) is 12.7. The van der Waals surface area contributed by atoms with Gasteiger partial charge in [0.1, 0.15) is 0 Å². The van der Waals surface area contributed by atoms with Gasteiger partial charge in [0.25, 0.3) is 0 Å². The fourth-order valence-electron chi connectivity index (χ4n) is 3.76. The molecule has 0 heterocycles. The molecule has 0 aromatic heterocycles. The minimum atomic E-state index is 0.126. The minimum absolute atomic E-state index is 0.126. The summed E-state index contributed by atoms with van der Waals surface area (Å²) in [6, 6.07) is 0.561. The van der Waals surface area contributed by atoms with E-state index in [0.29, 0.717) is 12.0 Å². The van der Waals surface area contributed by atoms with Crippen LogP contribution in [0.2, 0.25) is 0 Å². The van der Waals surface area contributed by atoms with Crippen molar-refractivity contribution < 1.29 is 4.79 Å². The third kappa shape index (κ3) is 3.50. The van der Waals surface area contributed by atoms with Crippen molar-refractivity contribution in [2.24, 2.45) is 23.0 Å². The molecule has 0 spiro atoms. The Kier molecular flexibility index (Phi) is 4.54. The third-order valence-electron chi connectivity index (χ3n) is 5.40. The third-order valence-corrected chi connectivity index (χ3v) is 5.40. The van der Waals surface area contributed by atoms with E-state index in [0.717, 1.165) is 25.7 Å². The number of hydrogen-bond acceptors (Lipinski definition) is 2. The van der Waals surface area contributed by atoms with Crippen LogP contribution >= 0.6 is 0 Å². The van der Waals surface area contributed by atoms with Crippen molar-refractivity contribution in [1.82, 2.24) is 5.32 Å². The molecular formula is C16H30N2O. The zero-order chi connectivity index (χ0) is 14.0. The van der Waals surface area contributed by atoms with Gasteiger partial charge in [-0.05, 0) is 43.4 Å². The zero-order valence-corrected chi connectivity index (χ0v) is 12.7. The molecule has 110 valence electrons. The van der Waals surface area contributed by atoms with Gasteiger partial charge in [-0.1, -0.05) is 33.6 Å². The number of rotatable bonds is 2. The van der Waals surface area contributed by atoms with Gasteiger partial charge in [0.2, 0.25) is 5.91 Å². The summed E-state index contributed by atoms with van der Waals surface area (Å²) in [6.45, 7) is 6.77. The Morgan fingerprint density at radius 1 is 1.21 bits per heavy atom. The molecule has 1 amide bonds. The summed E-state index contributed by atoms with van der Waals surface area (Å²) in [5.74, 6) is 0.857. The van der Waals surface area contributed by atoms with E-state index in [2.05, 4.69) is 26.1 Å². The number of carbonyl (C=O) groups excluding carboxylic acids is 1. The molecule has 0 bridgehead atoms. The Bertz CT molecular complexity index is 327. The second kappa shape index (κ2) is 5.82. The first kappa shape index (κ1) is 14.8. The lowest BCUT2D eigenvalue weighted by Crippen LogP contribution is -2.51. The topological polar surface area (TPSA) is 55.1 Å². The van der Waals surface area contributed by atoms with Crippen LogP contribution in [0.15, 0.2) is 0 Å². The lowest BCUT2D eigenvalue weighted by atomic mass is 9.72. The van der Waals surface area contributed by atoms with Crippen molar-refractivity contribution in [3.63, 3.8) is 0 Å². The van der Waals surface area contributed by atoms with E-state index in [1.807, 2.05) is 0 Å². The maximum absolute atomic E-state index is 12.5. The number of hydrogen-bond donors (Lipinski definition) is 2. The van der Waals surface area contributed by atoms with Crippen molar-refractivity contribution in [3.8, 4) is 0 Å². The number of carbonyl (C=O) groups is 1. The molecule has 2 aliphatic carbocycles. The molecule has 0 aliphatic heterocycles. The molecule has 3 nitrogen and oxygen atoms in total. The molecule has 4 unspecified atom stereocenters. The molecule has 3 heteroatoms. The van der Waals surface area contributed by atoms with E-state index in [-0.39, 0.29) is 23.3 Å². The molecule has 0 saturated heterocycles. The average Bonchev–Trinajstić information content (AvgIpc) is 2.34. The summed E-state index contributed by atoms with van der Waals surface area (Å²) < 4.78 is 0. The maximum Gasteiger partial charge on any atom is 0.223 e. The van der Waals surface area contributed by atoms with Gasteiger partial charge in [0, 0.05) is 18.0 Å². The molecule has 4 atom stereocenters. The van der Waals surface area contributed by atoms with E-state index in [1.165, 1.54) is 19.3 Å². The fourth-order valence-corrected chi connectivity index (χ4v) is 3.76. The maximum atomic E-state index is 12.5. The highest BCUT2D eigenvalue weighted by atomic mass is 16.2. The molecule has 3 N–H and O–H groups in total. The summed E-state index contributed by atoms with van der Waals surface area (Å²) >= 11 is 0. The van der Waals surface area contributed by atoms with Crippen LogP contribution in [0.4, 0.5) is 0 Å². The van der Waals surface area contributed by atoms with Crippen molar-refractivity contribution in [2.45, 2.75) is 77.8 Å². The first-order valence-corrected chi connectivity index (χ1v) is 7.96. The minimum Gasteiger partial charge on any atom is -0.353 e. The number of amides is 1. The summed E-state index contributed by atoms with van der Waals surface area (Å²) in [6.07, 6.45) is 7.91. The van der Waals surface area contributed by atoms with Crippen LogP contribution in [-0.4, -0.2) is 18.0 Å². The molecule has 2 rings (SSSR count). The standard InChI is InChI=1S/C16H30N2O/c1-11-7-8-12(17)10-13(11)15(19)18-14-6-4-5-9-16(14,2)3/h11-14H,4-10,17H2,1-3H3,(H,18,19). The van der Waals surface area contributed by atoms with E-state index in [1.54, 1.807) is 0 Å². The quantitative estimate of drug-likeness (QED) is 0.807. The fraction of sp³-hybridized carbons (Fsp3) is 0.938. The van der Waals surface area contributed by atoms with Crippen molar-refractivity contribution >= 4 is 5.91 Å². The smallest absolute Gasteiger partial charge is 0.223 e. The molecule has 0 radical (unpaired) electrons. The van der Waals surface area contributed by atoms with Crippen LogP contribution in [0.3, 0.4) is 0 Å². The molecule has 2 fully saturated rings. The van der Waals surface area contributed by atoms with Crippen LogP contribution in [0.5, 0.6) is 0 Å². The lowest BCUT2D eigenvalue weighted by molar-refractivity contribution is -0.129. The highest BCUT2D eigenvalue weighted by Gasteiger charge is 2.37. The van der Waals surface area contributed by atoms with Crippen LogP contribution in [0.25, 0.3) is 0 Å². The second-order valence-electron chi connectivity index (χ2n) is 7.45. The number of nitrogens with one attached hydrogen (secondary N) is 1. The molecular weight excluding hydrogens is 236 g/mol. The van der Waals surface area contributed by atoms with Gasteiger partial charge >= 0.3 is 0 Å². The monoisotopic (exact) mass is 266 g/mol. The first-order valence-electron chi connectivity index (χ1n) is 7.96. The average molecular weight is 266 g/mol. The van der Waals surface area contributed by atoms with E-state index in [4.69, 9.17) is 5.73 Å². The summed E-state index contributed by atoms with van der Waals surface area (Å²) in [4.78, 5) is 12.5. The summed E-state index contributed by atoms with van der Waals surface area (Å²) in [7, 11) is 0. The predicted octanol–water partition coefficient (Wildman–Crippen LogP) is 2.83. The molecule has 2 saturated carbocycles.